The molecule has 0 bridgehead atoms. The molecule has 0 aliphatic rings. The van der Waals surface area contributed by atoms with Gasteiger partial charge < -0.3 is 0 Å². The molecule has 5 nitrogen and oxygen atoms in total. The lowest BCUT2D eigenvalue weighted by atomic mass is 9.92. The van der Waals surface area contributed by atoms with Crippen molar-refractivity contribution in [2.45, 2.75) is 40.5 Å². The summed E-state index contributed by atoms with van der Waals surface area (Å²) in [5.74, 6) is 0.766. The molecular weight excluding hydrogens is 240 g/mol. The highest BCUT2D eigenvalue weighted by atomic mass is 16.1. The molecular formula is C14H18N4O. The fourth-order valence-electron chi connectivity index (χ4n) is 2.11. The zero-order chi connectivity index (χ0) is 14.2. The van der Waals surface area contributed by atoms with Crippen LogP contribution in [0.5, 0.6) is 0 Å². The molecule has 100 valence electrons. The quantitative estimate of drug-likeness (QED) is 0.895. The van der Waals surface area contributed by atoms with Gasteiger partial charge in [-0.15, -0.1) is 0 Å². The summed E-state index contributed by atoms with van der Waals surface area (Å²) in [6.45, 7) is 8.26. The van der Waals surface area contributed by atoms with E-state index >= 15 is 0 Å². The number of aryl methyl sites for hydroxylation is 1. The Morgan fingerprint density at radius 1 is 1.47 bits per heavy atom. The fourth-order valence-corrected chi connectivity index (χ4v) is 2.11. The molecule has 5 heteroatoms. The molecule has 0 saturated heterocycles. The van der Waals surface area contributed by atoms with Crippen molar-refractivity contribution in [2.24, 2.45) is 5.41 Å². The molecule has 0 aromatic carbocycles. The van der Waals surface area contributed by atoms with Crippen molar-refractivity contribution < 1.29 is 0 Å². The number of H-pyrrole nitrogens is 1. The largest absolute Gasteiger partial charge is 0.289 e. The first-order valence-electron chi connectivity index (χ1n) is 6.39. The topological polar surface area (TPSA) is 74.0 Å². The standard InChI is InChI=1S/C14H18N4O/c1-5-9-6-12-16-11(7-14(2,3)4)17-18(12)13(19)10(9)8-15/h6H,5,7H2,1-4H3,(H,16,17). The van der Waals surface area contributed by atoms with Crippen molar-refractivity contribution in [3.63, 3.8) is 0 Å². The van der Waals surface area contributed by atoms with Crippen LogP contribution < -0.4 is 5.56 Å². The average molecular weight is 258 g/mol. The van der Waals surface area contributed by atoms with Gasteiger partial charge in [0.25, 0.3) is 5.56 Å². The van der Waals surface area contributed by atoms with Crippen LogP contribution in [-0.4, -0.2) is 14.6 Å². The number of hydrogen-bond acceptors (Lipinski definition) is 3. The van der Waals surface area contributed by atoms with E-state index in [-0.39, 0.29) is 16.5 Å². The first-order chi connectivity index (χ1) is 8.85. The molecule has 0 spiro atoms. The van der Waals surface area contributed by atoms with Crippen molar-refractivity contribution in [3.8, 4) is 6.07 Å². The van der Waals surface area contributed by atoms with Gasteiger partial charge in [-0.25, -0.2) is 4.98 Å². The number of rotatable bonds is 2. The van der Waals surface area contributed by atoms with Gasteiger partial charge in [0, 0.05) is 6.42 Å². The number of aromatic nitrogens is 3. The molecule has 0 fully saturated rings. The second-order valence-electron chi connectivity index (χ2n) is 5.92. The highest BCUT2D eigenvalue weighted by molar-refractivity contribution is 5.48. The third-order valence-corrected chi connectivity index (χ3v) is 2.95. The van der Waals surface area contributed by atoms with E-state index in [1.807, 2.05) is 19.1 Å². The number of fused-ring (bicyclic) bond motifs is 1. The minimum Gasteiger partial charge on any atom is -0.276 e. The average Bonchev–Trinajstić information content (AvgIpc) is 2.69. The third kappa shape index (κ3) is 2.53. The molecule has 2 aromatic rings. The lowest BCUT2D eigenvalue weighted by Gasteiger charge is -2.15. The lowest BCUT2D eigenvalue weighted by molar-refractivity contribution is 0.400. The molecule has 0 amide bonds. The summed E-state index contributed by atoms with van der Waals surface area (Å²) in [7, 11) is 0. The fraction of sp³-hybridized carbons (Fsp3) is 0.500. The van der Waals surface area contributed by atoms with E-state index in [0.717, 1.165) is 17.8 Å². The summed E-state index contributed by atoms with van der Waals surface area (Å²) in [4.78, 5) is 16.6. The number of aromatic amines is 1. The van der Waals surface area contributed by atoms with Gasteiger partial charge >= 0.3 is 0 Å². The Morgan fingerprint density at radius 3 is 2.68 bits per heavy atom. The van der Waals surface area contributed by atoms with E-state index < -0.39 is 0 Å². The van der Waals surface area contributed by atoms with Crippen LogP contribution in [0.2, 0.25) is 0 Å². The number of nitrogens with one attached hydrogen (secondary N) is 1. The van der Waals surface area contributed by atoms with Crippen LogP contribution in [0.25, 0.3) is 5.65 Å². The summed E-state index contributed by atoms with van der Waals surface area (Å²) in [6, 6.07) is 3.79. The molecule has 0 saturated carbocycles. The Kier molecular flexibility index (Phi) is 3.19. The number of nitriles is 1. The van der Waals surface area contributed by atoms with Gasteiger partial charge in [0.1, 0.15) is 17.5 Å². The molecule has 2 rings (SSSR count). The first-order valence-corrected chi connectivity index (χ1v) is 6.39. The zero-order valence-corrected chi connectivity index (χ0v) is 11.7. The number of nitrogens with zero attached hydrogens (tertiary/aromatic N) is 3. The third-order valence-electron chi connectivity index (χ3n) is 2.95. The van der Waals surface area contributed by atoms with Crippen molar-refractivity contribution in [3.05, 3.63) is 33.4 Å². The maximum Gasteiger partial charge on any atom is 0.289 e. The smallest absolute Gasteiger partial charge is 0.276 e. The highest BCUT2D eigenvalue weighted by Gasteiger charge is 2.17. The highest BCUT2D eigenvalue weighted by Crippen LogP contribution is 2.19. The maximum absolute atomic E-state index is 12.2. The summed E-state index contributed by atoms with van der Waals surface area (Å²) < 4.78 is 1.36. The second-order valence-corrected chi connectivity index (χ2v) is 5.92. The van der Waals surface area contributed by atoms with Gasteiger partial charge in [0.2, 0.25) is 0 Å². The second kappa shape index (κ2) is 4.54. The van der Waals surface area contributed by atoms with Crippen LogP contribution in [0, 0.1) is 16.7 Å². The zero-order valence-electron chi connectivity index (χ0n) is 11.7. The predicted octanol–water partition coefficient (Wildman–Crippen LogP) is 2.05. The molecule has 1 N–H and O–H groups in total. The predicted molar refractivity (Wildman–Crippen MR) is 73.1 cm³/mol. The Labute approximate surface area is 111 Å². The van der Waals surface area contributed by atoms with E-state index in [1.54, 1.807) is 0 Å². The Balaban J connectivity index is 2.64. The summed E-state index contributed by atoms with van der Waals surface area (Å²) in [6.07, 6.45) is 1.40. The summed E-state index contributed by atoms with van der Waals surface area (Å²) in [5, 5.41) is 12.1. The monoisotopic (exact) mass is 258 g/mol. The Hall–Kier alpha value is -2.09. The molecule has 0 unspecified atom stereocenters. The van der Waals surface area contributed by atoms with Crippen molar-refractivity contribution in [1.82, 2.24) is 14.6 Å². The van der Waals surface area contributed by atoms with Crippen molar-refractivity contribution >= 4 is 5.65 Å². The van der Waals surface area contributed by atoms with E-state index in [9.17, 15) is 4.79 Å². The minimum atomic E-state index is -0.315. The molecule has 0 aliphatic carbocycles. The van der Waals surface area contributed by atoms with Crippen molar-refractivity contribution in [1.29, 1.82) is 5.26 Å². The summed E-state index contributed by atoms with van der Waals surface area (Å²) in [5.41, 5.74) is 1.31. The van der Waals surface area contributed by atoms with E-state index in [4.69, 9.17) is 5.26 Å². The van der Waals surface area contributed by atoms with Crippen LogP contribution in [-0.2, 0) is 12.8 Å². The van der Waals surface area contributed by atoms with Gasteiger partial charge in [0.05, 0.1) is 0 Å². The molecule has 2 aromatic heterocycles. The molecule has 0 atom stereocenters. The van der Waals surface area contributed by atoms with Crippen LogP contribution >= 0.6 is 0 Å². The minimum absolute atomic E-state index is 0.0864. The van der Waals surface area contributed by atoms with E-state index in [1.165, 1.54) is 4.52 Å². The molecule has 0 radical (unpaired) electrons. The Morgan fingerprint density at radius 2 is 2.16 bits per heavy atom. The number of pyridine rings is 1. The van der Waals surface area contributed by atoms with Gasteiger partial charge in [0.15, 0.2) is 5.65 Å². The Bertz CT molecular complexity index is 710. The van der Waals surface area contributed by atoms with Crippen LogP contribution in [0.1, 0.15) is 44.6 Å². The summed E-state index contributed by atoms with van der Waals surface area (Å²) >= 11 is 0. The molecule has 0 aliphatic heterocycles. The lowest BCUT2D eigenvalue weighted by Crippen LogP contribution is -2.19. The van der Waals surface area contributed by atoms with Gasteiger partial charge in [-0.05, 0) is 23.5 Å². The van der Waals surface area contributed by atoms with Gasteiger partial charge in [-0.2, -0.15) is 9.78 Å². The molecule has 19 heavy (non-hydrogen) atoms. The SMILES string of the molecule is CCc1cc2nc(CC(C)(C)C)[nH]n2c(=O)c1C#N. The normalized spacial score (nSPS) is 11.7. The van der Waals surface area contributed by atoms with E-state index in [0.29, 0.717) is 12.1 Å². The molecule has 2 heterocycles. The van der Waals surface area contributed by atoms with Gasteiger partial charge in [-0.1, -0.05) is 27.7 Å². The van der Waals surface area contributed by atoms with Gasteiger partial charge in [-0.3, -0.25) is 9.89 Å². The van der Waals surface area contributed by atoms with Crippen LogP contribution in [0.3, 0.4) is 0 Å². The van der Waals surface area contributed by atoms with Crippen molar-refractivity contribution in [2.75, 3.05) is 0 Å². The van der Waals surface area contributed by atoms with Crippen LogP contribution in [0.15, 0.2) is 10.9 Å². The maximum atomic E-state index is 12.2. The van der Waals surface area contributed by atoms with Crippen LogP contribution in [0.4, 0.5) is 0 Å². The first kappa shape index (κ1) is 13.3. The number of hydrogen-bond donors (Lipinski definition) is 1. The van der Waals surface area contributed by atoms with E-state index in [2.05, 4.69) is 30.9 Å².